The minimum atomic E-state index is -2.72. The Morgan fingerprint density at radius 1 is 0.618 bits per heavy atom. The summed E-state index contributed by atoms with van der Waals surface area (Å²) in [6.07, 6.45) is 1.38. The maximum Gasteiger partial charge on any atom is 0.329 e. The summed E-state index contributed by atoms with van der Waals surface area (Å²) >= 11 is 0. The maximum absolute atomic E-state index is 11.4. The molecule has 1 N–H and O–H groups in total. The maximum atomic E-state index is 11.4. The molecule has 0 aliphatic carbocycles. The molecule has 0 atom stereocenters. The van der Waals surface area contributed by atoms with Crippen LogP contribution in [0.3, 0.4) is 0 Å². The van der Waals surface area contributed by atoms with Crippen molar-refractivity contribution in [2.45, 2.75) is 91.7 Å². The second-order valence-electron chi connectivity index (χ2n) is 11.6. The third-order valence-electron chi connectivity index (χ3n) is 3.71. The van der Waals surface area contributed by atoms with Crippen molar-refractivity contribution in [1.29, 1.82) is 0 Å². The number of esters is 1. The van der Waals surface area contributed by atoms with Gasteiger partial charge in [-0.2, -0.15) is 0 Å². The highest BCUT2D eigenvalue weighted by Gasteiger charge is 2.48. The Kier molecular flexibility index (Phi) is 12.0. The van der Waals surface area contributed by atoms with Crippen LogP contribution in [0.2, 0.25) is 91.7 Å². The smallest absolute Gasteiger partial charge is 0.329 e. The van der Waals surface area contributed by atoms with Crippen LogP contribution >= 0.6 is 0 Å². The first-order chi connectivity index (χ1) is 14.7. The fourth-order valence-corrected chi connectivity index (χ4v) is 36.6. The van der Waals surface area contributed by atoms with Crippen molar-refractivity contribution < 1.29 is 39.0 Å². The van der Waals surface area contributed by atoms with Crippen LogP contribution in [-0.4, -0.2) is 76.7 Å². The fraction of sp³-hybridized carbons (Fsp3) is 0.833. The van der Waals surface area contributed by atoms with E-state index < -0.39 is 65.7 Å². The highest BCUT2D eigenvalue weighted by molar-refractivity contribution is 6.91. The van der Waals surface area contributed by atoms with Crippen LogP contribution in [0.4, 0.5) is 0 Å². The van der Waals surface area contributed by atoms with Crippen molar-refractivity contribution in [3.8, 4) is 0 Å². The lowest BCUT2D eigenvalue weighted by Gasteiger charge is -2.43. The summed E-state index contributed by atoms with van der Waals surface area (Å²) in [5.41, 5.74) is 0. The van der Waals surface area contributed by atoms with Crippen LogP contribution in [0.5, 0.6) is 0 Å². The van der Waals surface area contributed by atoms with Gasteiger partial charge in [0.15, 0.2) is 0 Å². The van der Waals surface area contributed by atoms with E-state index in [1.807, 2.05) is 78.6 Å². The quantitative estimate of drug-likeness (QED) is 0.161. The predicted octanol–water partition coefficient (Wildman–Crippen LogP) is 4.76. The molecule has 0 amide bonds. The van der Waals surface area contributed by atoms with Gasteiger partial charge in [-0.05, 0) is 91.7 Å². The van der Waals surface area contributed by atoms with Gasteiger partial charge in [-0.1, -0.05) is 6.58 Å². The van der Waals surface area contributed by atoms with E-state index in [2.05, 4.69) is 6.58 Å². The second kappa shape index (κ2) is 11.9. The number of carbonyl (C=O) groups is 1. The van der Waals surface area contributed by atoms with E-state index in [1.54, 1.807) is 13.1 Å². The van der Waals surface area contributed by atoms with Gasteiger partial charge in [-0.15, -0.1) is 0 Å². The Hall–Kier alpha value is 0.448. The summed E-state index contributed by atoms with van der Waals surface area (Å²) in [5.74, 6) is -0.456. The molecule has 0 saturated heterocycles. The zero-order valence-electron chi connectivity index (χ0n) is 23.7. The Balaban J connectivity index is 5.21. The van der Waals surface area contributed by atoms with Gasteiger partial charge in [0, 0.05) is 6.08 Å². The molecule has 0 rings (SSSR count). The van der Waals surface area contributed by atoms with Crippen LogP contribution in [0.1, 0.15) is 0 Å². The first-order valence-corrected chi connectivity index (χ1v) is 31.5. The van der Waals surface area contributed by atoms with Crippen LogP contribution in [-0.2, 0) is 34.2 Å². The first-order valence-electron chi connectivity index (χ1n) is 11.4. The molecule has 0 spiro atoms. The molecule has 9 nitrogen and oxygen atoms in total. The van der Waals surface area contributed by atoms with E-state index >= 15 is 0 Å². The summed E-state index contributed by atoms with van der Waals surface area (Å²) in [5, 5.41) is 0. The minimum Gasteiger partial charge on any atom is -0.463 e. The van der Waals surface area contributed by atoms with Crippen molar-refractivity contribution in [3.63, 3.8) is 0 Å². The van der Waals surface area contributed by atoms with Gasteiger partial charge in [0.05, 0.1) is 0 Å². The zero-order valence-corrected chi connectivity index (χ0v) is 30.7. The number of hydrogen-bond donors (Lipinski definition) is 1. The van der Waals surface area contributed by atoms with E-state index in [0.29, 0.717) is 0 Å². The van der Waals surface area contributed by atoms with Crippen molar-refractivity contribution in [2.75, 3.05) is 6.23 Å². The summed E-state index contributed by atoms with van der Waals surface area (Å²) in [7, 11) is -18.1. The Morgan fingerprint density at radius 3 is 1.21 bits per heavy atom. The van der Waals surface area contributed by atoms with E-state index in [0.717, 1.165) is 6.08 Å². The lowest BCUT2D eigenvalue weighted by Crippen LogP contribution is -2.61. The molecule has 0 aliphatic rings. The van der Waals surface area contributed by atoms with Gasteiger partial charge < -0.3 is 34.2 Å². The molecule has 0 saturated carbocycles. The van der Waals surface area contributed by atoms with Crippen molar-refractivity contribution in [3.05, 3.63) is 12.7 Å². The largest absolute Gasteiger partial charge is 0.463 e. The van der Waals surface area contributed by atoms with Gasteiger partial charge in [-0.25, -0.2) is 4.79 Å². The summed E-state index contributed by atoms with van der Waals surface area (Å²) < 4.78 is 43.4. The van der Waals surface area contributed by atoms with E-state index in [4.69, 9.17) is 29.4 Å². The zero-order chi connectivity index (χ0) is 27.4. The van der Waals surface area contributed by atoms with Crippen molar-refractivity contribution >= 4 is 65.7 Å². The Labute approximate surface area is 214 Å². The molecule has 0 heterocycles. The van der Waals surface area contributed by atoms with E-state index in [9.17, 15) is 9.59 Å². The summed E-state index contributed by atoms with van der Waals surface area (Å²) in [4.78, 5) is 21.6. The highest BCUT2D eigenvalue weighted by atomic mass is 28.5. The molecule has 0 aromatic heterocycles. The third kappa shape index (κ3) is 16.2. The highest BCUT2D eigenvalue weighted by Crippen LogP contribution is 2.28. The average Bonchev–Trinajstić information content (AvgIpc) is 2.43. The third-order valence-corrected chi connectivity index (χ3v) is 28.4. The normalized spacial score (nSPS) is 14.8. The molecule has 202 valence electrons. The molecule has 16 heteroatoms. The number of carbonyl (C=O) groups excluding carboxylic acids is 1. The van der Waals surface area contributed by atoms with Crippen molar-refractivity contribution in [2.24, 2.45) is 0 Å². The number of hydrogen-bond acceptors (Lipinski definition) is 9. The van der Waals surface area contributed by atoms with Crippen LogP contribution in [0.15, 0.2) is 12.7 Å². The summed E-state index contributed by atoms with van der Waals surface area (Å²) in [6, 6.07) is 0. The first kappa shape index (κ1) is 34.4. The predicted molar refractivity (Wildman–Crippen MR) is 152 cm³/mol. The standard InChI is InChI=1S/C18H48O9Si7/c1-16-18(19)21-17-28(2,3)22-30(6,7)24-32(10,11)26-34(14,15)27-33(12,13)25-31(8,9)23-29(4,5)20/h16,20H,1,17H2,2-15H3. The molecule has 0 aromatic rings. The molecule has 0 unspecified atom stereocenters. The molecule has 0 radical (unpaired) electrons. The molecule has 0 aliphatic heterocycles. The van der Waals surface area contributed by atoms with Gasteiger partial charge in [0.1, 0.15) is 6.23 Å². The van der Waals surface area contributed by atoms with Crippen LogP contribution < -0.4 is 0 Å². The lowest BCUT2D eigenvalue weighted by molar-refractivity contribution is -0.136. The second-order valence-corrected chi connectivity index (χ2v) is 37.2. The van der Waals surface area contributed by atoms with Crippen molar-refractivity contribution in [1.82, 2.24) is 0 Å². The van der Waals surface area contributed by atoms with Gasteiger partial charge in [-0.3, -0.25) is 0 Å². The molecule has 34 heavy (non-hydrogen) atoms. The molecule has 0 aromatic carbocycles. The Morgan fingerprint density at radius 2 is 0.912 bits per heavy atom. The number of rotatable bonds is 15. The minimum absolute atomic E-state index is 0.232. The topological polar surface area (TPSA) is 102 Å². The average molecular weight is 605 g/mol. The molecular formula is C18H48O9Si7. The van der Waals surface area contributed by atoms with Gasteiger partial charge >= 0.3 is 57.3 Å². The van der Waals surface area contributed by atoms with Crippen LogP contribution in [0, 0.1) is 0 Å². The summed E-state index contributed by atoms with van der Waals surface area (Å²) in [6.45, 7) is 30.6. The molecular weight excluding hydrogens is 557 g/mol. The monoisotopic (exact) mass is 604 g/mol. The molecule has 0 fully saturated rings. The SMILES string of the molecule is C=CC(=O)OC[Si](C)(C)O[Si](C)(C)O[Si](C)(C)O[Si](C)(C)O[Si](C)(C)O[Si](C)(C)O[Si](C)(C)O. The van der Waals surface area contributed by atoms with Gasteiger partial charge in [0.2, 0.25) is 8.32 Å². The van der Waals surface area contributed by atoms with Crippen LogP contribution in [0.25, 0.3) is 0 Å². The Bertz CT molecular complexity index is 704. The molecule has 0 bridgehead atoms. The van der Waals surface area contributed by atoms with Gasteiger partial charge in [0.25, 0.3) is 0 Å². The van der Waals surface area contributed by atoms with E-state index in [-0.39, 0.29) is 6.23 Å². The number of ether oxygens (including phenoxy) is 1. The lowest BCUT2D eigenvalue weighted by atomic mass is 10.7. The van der Waals surface area contributed by atoms with E-state index in [1.165, 1.54) is 0 Å². The fourth-order valence-electron chi connectivity index (χ4n) is 4.07.